The van der Waals surface area contributed by atoms with Gasteiger partial charge in [-0.15, -0.1) is 15.7 Å². The maximum absolute atomic E-state index is 12.9. The van der Waals surface area contributed by atoms with Gasteiger partial charge in [-0.2, -0.15) is 0 Å². The third-order valence-electron chi connectivity index (χ3n) is 5.64. The summed E-state index contributed by atoms with van der Waals surface area (Å²) in [6.45, 7) is 3.09. The molecule has 7 nitrogen and oxygen atoms in total. The Morgan fingerprint density at radius 1 is 1.20 bits per heavy atom. The molecule has 3 aliphatic rings. The van der Waals surface area contributed by atoms with Crippen LogP contribution in [0.1, 0.15) is 34.1 Å². The van der Waals surface area contributed by atoms with Crippen LogP contribution < -0.4 is 10.2 Å². The Kier molecular flexibility index (Phi) is 5.34. The Hall–Kier alpha value is -1.88. The number of nitrogens with zero attached hydrogens (tertiary/aromatic N) is 3. The van der Waals surface area contributed by atoms with Crippen molar-refractivity contribution < 1.29 is 13.2 Å². The van der Waals surface area contributed by atoms with Gasteiger partial charge in [-0.1, -0.05) is 6.07 Å². The fraction of sp³-hybridized carbons (Fsp3) is 0.400. The first-order chi connectivity index (χ1) is 14.5. The van der Waals surface area contributed by atoms with E-state index in [1.54, 1.807) is 17.4 Å². The van der Waals surface area contributed by atoms with E-state index in [0.29, 0.717) is 23.8 Å². The molecular formula is C20H22N4O3S3. The van der Waals surface area contributed by atoms with E-state index in [9.17, 15) is 13.2 Å². The summed E-state index contributed by atoms with van der Waals surface area (Å²) in [6.07, 6.45) is 2.40. The van der Waals surface area contributed by atoms with Crippen molar-refractivity contribution in [3.63, 3.8) is 0 Å². The summed E-state index contributed by atoms with van der Waals surface area (Å²) in [5.74, 6) is -0.0992. The molecule has 1 aromatic heterocycles. The summed E-state index contributed by atoms with van der Waals surface area (Å²) < 4.78 is 27.4. The molecule has 1 aromatic carbocycles. The highest BCUT2D eigenvalue weighted by Crippen LogP contribution is 2.42. The second-order valence-corrected chi connectivity index (χ2v) is 11.3. The molecular weight excluding hydrogens is 440 g/mol. The van der Waals surface area contributed by atoms with E-state index in [2.05, 4.69) is 32.1 Å². The molecule has 1 amide bonds. The summed E-state index contributed by atoms with van der Waals surface area (Å²) in [7, 11) is -3.39. The van der Waals surface area contributed by atoms with E-state index in [1.807, 2.05) is 17.0 Å². The predicted octanol–water partition coefficient (Wildman–Crippen LogP) is 2.93. The van der Waals surface area contributed by atoms with Crippen LogP contribution in [0.15, 0.2) is 45.0 Å². The molecule has 0 bridgehead atoms. The Morgan fingerprint density at radius 3 is 2.80 bits per heavy atom. The highest BCUT2D eigenvalue weighted by atomic mass is 32.2. The molecule has 5 rings (SSSR count). The normalized spacial score (nSPS) is 21.1. The number of amidine groups is 1. The first-order valence-corrected chi connectivity index (χ1v) is 13.3. The zero-order valence-electron chi connectivity index (χ0n) is 16.3. The molecule has 30 heavy (non-hydrogen) atoms. The molecule has 4 heterocycles. The minimum atomic E-state index is -3.39. The number of rotatable bonds is 5. The van der Waals surface area contributed by atoms with Gasteiger partial charge in [0.15, 0.2) is 5.17 Å². The number of hydrogen-bond acceptors (Lipinski definition) is 7. The molecule has 1 fully saturated rings. The van der Waals surface area contributed by atoms with Crippen molar-refractivity contribution in [1.82, 2.24) is 10.2 Å². The number of benzene rings is 1. The summed E-state index contributed by atoms with van der Waals surface area (Å²) in [5, 5.41) is 5.66. The van der Waals surface area contributed by atoms with Gasteiger partial charge in [0.2, 0.25) is 0 Å². The number of carbonyl (C=O) groups is 1. The lowest BCUT2D eigenvalue weighted by Crippen LogP contribution is -2.36. The van der Waals surface area contributed by atoms with Crippen LogP contribution in [0.4, 0.5) is 5.69 Å². The van der Waals surface area contributed by atoms with Crippen LogP contribution in [-0.4, -0.2) is 56.3 Å². The molecule has 158 valence electrons. The second-order valence-electron chi connectivity index (χ2n) is 7.58. The lowest BCUT2D eigenvalue weighted by Gasteiger charge is -2.27. The minimum Gasteiger partial charge on any atom is -0.350 e. The second kappa shape index (κ2) is 7.99. The Morgan fingerprint density at radius 2 is 2.03 bits per heavy atom. The number of thioether (sulfide) groups is 1. The molecule has 0 aliphatic carbocycles. The maximum Gasteiger partial charge on any atom is 0.257 e. The van der Waals surface area contributed by atoms with Crippen LogP contribution in [0.3, 0.4) is 0 Å². The van der Waals surface area contributed by atoms with Gasteiger partial charge in [-0.25, -0.2) is 8.42 Å². The van der Waals surface area contributed by atoms with Gasteiger partial charge in [-0.3, -0.25) is 9.69 Å². The standard InChI is InChI=1S/C20H22N4O3S3/c25-19(21-13-16(17-4-3-10-28-17)23-7-1-2-8-23)14-5-6-15-18(12-14)29-20-22-30(26,27)11-9-24(15)20/h3-6,10,12,16H,1-2,7-9,11,13H2,(H,21,25)/t16-/m1/s1. The molecule has 1 N–H and O–H groups in total. The highest BCUT2D eigenvalue weighted by Gasteiger charge is 2.33. The quantitative estimate of drug-likeness (QED) is 0.736. The van der Waals surface area contributed by atoms with Gasteiger partial charge >= 0.3 is 0 Å². The zero-order valence-corrected chi connectivity index (χ0v) is 18.7. The fourth-order valence-electron chi connectivity index (χ4n) is 4.11. The van der Waals surface area contributed by atoms with E-state index in [-0.39, 0.29) is 17.7 Å². The van der Waals surface area contributed by atoms with Gasteiger partial charge in [0.05, 0.1) is 17.5 Å². The van der Waals surface area contributed by atoms with Crippen molar-refractivity contribution in [2.75, 3.05) is 36.8 Å². The van der Waals surface area contributed by atoms with Crippen LogP contribution in [-0.2, 0) is 10.0 Å². The number of carbonyl (C=O) groups excluding carboxylic acids is 1. The number of amides is 1. The van der Waals surface area contributed by atoms with E-state index in [0.717, 1.165) is 23.7 Å². The summed E-state index contributed by atoms with van der Waals surface area (Å²) >= 11 is 3.04. The zero-order chi connectivity index (χ0) is 20.7. The van der Waals surface area contributed by atoms with Crippen molar-refractivity contribution in [3.8, 4) is 0 Å². The van der Waals surface area contributed by atoms with Crippen molar-refractivity contribution >= 4 is 49.9 Å². The van der Waals surface area contributed by atoms with Gasteiger partial charge in [-0.05, 0) is 67.3 Å². The average Bonchev–Trinajstić information content (AvgIpc) is 3.47. The van der Waals surface area contributed by atoms with Gasteiger partial charge in [0.1, 0.15) is 0 Å². The van der Waals surface area contributed by atoms with Crippen LogP contribution in [0.25, 0.3) is 0 Å². The number of likely N-dealkylation sites (tertiary alicyclic amines) is 1. The molecule has 3 aliphatic heterocycles. The molecule has 0 radical (unpaired) electrons. The Bertz CT molecular complexity index is 1090. The van der Waals surface area contributed by atoms with E-state index in [4.69, 9.17) is 0 Å². The van der Waals surface area contributed by atoms with Crippen molar-refractivity contribution in [2.24, 2.45) is 4.40 Å². The fourth-order valence-corrected chi connectivity index (χ4v) is 7.26. The van der Waals surface area contributed by atoms with Crippen molar-refractivity contribution in [2.45, 2.75) is 23.8 Å². The third-order valence-corrected chi connectivity index (χ3v) is 8.92. The van der Waals surface area contributed by atoms with Crippen LogP contribution >= 0.6 is 23.1 Å². The van der Waals surface area contributed by atoms with Crippen LogP contribution in [0, 0.1) is 0 Å². The number of thiophene rings is 1. The number of sulfonamides is 1. The first kappa shape index (κ1) is 20.0. The van der Waals surface area contributed by atoms with E-state index in [1.165, 1.54) is 29.5 Å². The maximum atomic E-state index is 12.9. The third kappa shape index (κ3) is 3.89. The molecule has 1 saturated heterocycles. The molecule has 10 heteroatoms. The molecule has 0 unspecified atom stereocenters. The highest BCUT2D eigenvalue weighted by molar-refractivity contribution is 8.15. The topological polar surface area (TPSA) is 82.1 Å². The average molecular weight is 463 g/mol. The van der Waals surface area contributed by atoms with Gasteiger partial charge < -0.3 is 10.2 Å². The van der Waals surface area contributed by atoms with E-state index >= 15 is 0 Å². The number of anilines is 1. The Balaban J connectivity index is 1.31. The van der Waals surface area contributed by atoms with Crippen LogP contribution in [0.5, 0.6) is 0 Å². The minimum absolute atomic E-state index is 0.0132. The van der Waals surface area contributed by atoms with Gasteiger partial charge in [0, 0.05) is 28.4 Å². The summed E-state index contributed by atoms with van der Waals surface area (Å²) in [4.78, 5) is 19.4. The van der Waals surface area contributed by atoms with E-state index < -0.39 is 10.0 Å². The lowest BCUT2D eigenvalue weighted by atomic mass is 10.1. The van der Waals surface area contributed by atoms with Crippen molar-refractivity contribution in [1.29, 1.82) is 0 Å². The smallest absolute Gasteiger partial charge is 0.257 e. The molecule has 0 saturated carbocycles. The van der Waals surface area contributed by atoms with Crippen LogP contribution in [0.2, 0.25) is 0 Å². The molecule has 1 atom stereocenters. The predicted molar refractivity (Wildman–Crippen MR) is 121 cm³/mol. The SMILES string of the molecule is O=C(NC[C@H](c1cccs1)N1CCCC1)c1ccc2c(c1)SC1=NS(=O)(=O)CCN12. The summed E-state index contributed by atoms with van der Waals surface area (Å²) in [6, 6.07) is 9.91. The Labute approximate surface area is 184 Å². The number of nitrogens with one attached hydrogen (secondary N) is 1. The summed E-state index contributed by atoms with van der Waals surface area (Å²) in [5.41, 5.74) is 1.50. The first-order valence-electron chi connectivity index (χ1n) is 9.98. The molecule has 0 spiro atoms. The largest absolute Gasteiger partial charge is 0.350 e. The lowest BCUT2D eigenvalue weighted by molar-refractivity contribution is 0.0938. The number of fused-ring (bicyclic) bond motifs is 3. The monoisotopic (exact) mass is 462 g/mol. The molecule has 2 aromatic rings. The number of hydrogen-bond donors (Lipinski definition) is 1. The van der Waals surface area contributed by atoms with Gasteiger partial charge in [0.25, 0.3) is 15.9 Å². The van der Waals surface area contributed by atoms with Crippen molar-refractivity contribution in [3.05, 3.63) is 46.2 Å².